The first-order chi connectivity index (χ1) is 9.97. The molecule has 21 heavy (non-hydrogen) atoms. The van der Waals surface area contributed by atoms with Crippen molar-refractivity contribution in [3.05, 3.63) is 17.9 Å². The second kappa shape index (κ2) is 7.40. The number of ether oxygens (including phenoxy) is 1. The van der Waals surface area contributed by atoms with Gasteiger partial charge in [0.05, 0.1) is 13.2 Å². The Kier molecular flexibility index (Phi) is 5.80. The molecule has 0 bridgehead atoms. The van der Waals surface area contributed by atoms with Gasteiger partial charge in [0.15, 0.2) is 0 Å². The second-order valence-corrected chi connectivity index (χ2v) is 7.44. The van der Waals surface area contributed by atoms with Crippen molar-refractivity contribution in [1.82, 2.24) is 10.0 Å². The molecule has 1 aliphatic carbocycles. The summed E-state index contributed by atoms with van der Waals surface area (Å²) in [5.74, 6) is 1.08. The van der Waals surface area contributed by atoms with Gasteiger partial charge in [-0.15, -0.1) is 0 Å². The van der Waals surface area contributed by atoms with E-state index in [-0.39, 0.29) is 11.6 Å². The zero-order valence-electron chi connectivity index (χ0n) is 12.6. The summed E-state index contributed by atoms with van der Waals surface area (Å²) in [5.41, 5.74) is 0. The van der Waals surface area contributed by atoms with Crippen LogP contribution in [-0.2, 0) is 21.3 Å². The van der Waals surface area contributed by atoms with Crippen molar-refractivity contribution in [1.29, 1.82) is 0 Å². The van der Waals surface area contributed by atoms with Gasteiger partial charge in [-0.05, 0) is 30.9 Å². The second-order valence-electron chi connectivity index (χ2n) is 5.74. The van der Waals surface area contributed by atoms with E-state index in [1.807, 2.05) is 13.8 Å². The summed E-state index contributed by atoms with van der Waals surface area (Å²) >= 11 is 0. The molecular weight excluding hydrogens is 292 g/mol. The predicted octanol–water partition coefficient (Wildman–Crippen LogP) is 1.48. The molecule has 1 aromatic heterocycles. The van der Waals surface area contributed by atoms with Crippen LogP contribution in [0.4, 0.5) is 0 Å². The van der Waals surface area contributed by atoms with Crippen LogP contribution in [0.3, 0.4) is 0 Å². The largest absolute Gasteiger partial charge is 0.447 e. The minimum Gasteiger partial charge on any atom is -0.447 e. The smallest absolute Gasteiger partial charge is 0.274 e. The maximum absolute atomic E-state index is 12.0. The van der Waals surface area contributed by atoms with Gasteiger partial charge < -0.3 is 14.5 Å². The first-order valence-electron chi connectivity index (χ1n) is 7.37. The molecule has 1 heterocycles. The minimum atomic E-state index is -3.59. The van der Waals surface area contributed by atoms with E-state index in [1.165, 1.54) is 18.9 Å². The molecule has 7 heteroatoms. The molecule has 1 aromatic rings. The number of rotatable bonds is 10. The third-order valence-corrected chi connectivity index (χ3v) is 4.37. The molecule has 0 radical (unpaired) electrons. The van der Waals surface area contributed by atoms with Gasteiger partial charge in [0, 0.05) is 19.2 Å². The van der Waals surface area contributed by atoms with Crippen LogP contribution in [-0.4, -0.2) is 34.2 Å². The van der Waals surface area contributed by atoms with E-state index >= 15 is 0 Å². The Morgan fingerprint density at radius 3 is 2.81 bits per heavy atom. The lowest BCUT2D eigenvalue weighted by atomic mass is 10.2. The topological polar surface area (TPSA) is 80.6 Å². The molecule has 6 nitrogen and oxygen atoms in total. The number of hydrogen-bond donors (Lipinski definition) is 2. The van der Waals surface area contributed by atoms with Crippen LogP contribution in [0.5, 0.6) is 0 Å². The summed E-state index contributed by atoms with van der Waals surface area (Å²) in [6.07, 6.45) is 2.37. The van der Waals surface area contributed by atoms with Crippen molar-refractivity contribution >= 4 is 10.0 Å². The predicted molar refractivity (Wildman–Crippen MR) is 79.4 cm³/mol. The van der Waals surface area contributed by atoms with Crippen molar-refractivity contribution in [3.63, 3.8) is 0 Å². The molecule has 1 saturated carbocycles. The standard InChI is InChI=1S/C14H24N2O4S/c1-11(2)10-19-8-7-16-21(17,18)14-6-5-13(20-14)9-15-12-3-4-12/h5-6,11-12,15-16H,3-4,7-10H2,1-2H3. The highest BCUT2D eigenvalue weighted by Crippen LogP contribution is 2.20. The van der Waals surface area contributed by atoms with Crippen molar-refractivity contribution in [2.75, 3.05) is 19.8 Å². The third kappa shape index (κ3) is 5.78. The summed E-state index contributed by atoms with van der Waals surface area (Å²) in [4.78, 5) is 0. The first kappa shape index (κ1) is 16.5. The first-order valence-corrected chi connectivity index (χ1v) is 8.85. The Morgan fingerprint density at radius 1 is 1.38 bits per heavy atom. The van der Waals surface area contributed by atoms with Crippen molar-refractivity contribution < 1.29 is 17.6 Å². The third-order valence-electron chi connectivity index (χ3n) is 3.03. The lowest BCUT2D eigenvalue weighted by Gasteiger charge is -2.07. The molecule has 0 amide bonds. The quantitative estimate of drug-likeness (QED) is 0.639. The summed E-state index contributed by atoms with van der Waals surface area (Å²) in [6, 6.07) is 3.74. The lowest BCUT2D eigenvalue weighted by molar-refractivity contribution is 0.114. The van der Waals surface area contributed by atoms with E-state index in [1.54, 1.807) is 6.07 Å². The molecule has 0 saturated heterocycles. The van der Waals surface area contributed by atoms with Gasteiger partial charge in [-0.2, -0.15) is 0 Å². The van der Waals surface area contributed by atoms with Gasteiger partial charge in [0.2, 0.25) is 5.09 Å². The summed E-state index contributed by atoms with van der Waals surface area (Å²) < 4.78 is 37.2. The molecule has 1 aliphatic rings. The number of furan rings is 1. The summed E-state index contributed by atoms with van der Waals surface area (Å²) in [5, 5.41) is 3.24. The monoisotopic (exact) mass is 316 g/mol. The van der Waals surface area contributed by atoms with E-state index < -0.39 is 10.0 Å². The molecule has 0 spiro atoms. The van der Waals surface area contributed by atoms with Crippen LogP contribution in [0.25, 0.3) is 0 Å². The number of sulfonamides is 1. The Labute approximate surface area is 126 Å². The van der Waals surface area contributed by atoms with Crippen LogP contribution in [0.1, 0.15) is 32.4 Å². The average molecular weight is 316 g/mol. The molecule has 1 fully saturated rings. The zero-order chi connectivity index (χ0) is 15.3. The Hall–Kier alpha value is -0.890. The van der Waals surface area contributed by atoms with E-state index in [9.17, 15) is 8.42 Å². The minimum absolute atomic E-state index is 0.0426. The highest BCUT2D eigenvalue weighted by molar-refractivity contribution is 7.89. The van der Waals surface area contributed by atoms with Crippen LogP contribution in [0.2, 0.25) is 0 Å². The highest BCUT2D eigenvalue weighted by atomic mass is 32.2. The molecule has 0 unspecified atom stereocenters. The van der Waals surface area contributed by atoms with E-state index in [0.29, 0.717) is 37.5 Å². The van der Waals surface area contributed by atoms with Gasteiger partial charge in [-0.25, -0.2) is 13.1 Å². The number of hydrogen-bond acceptors (Lipinski definition) is 5. The zero-order valence-corrected chi connectivity index (χ0v) is 13.4. The summed E-state index contributed by atoms with van der Waals surface area (Å²) in [7, 11) is -3.59. The molecule has 0 atom stereocenters. The number of nitrogens with one attached hydrogen (secondary N) is 2. The average Bonchev–Trinajstić information content (AvgIpc) is 3.11. The van der Waals surface area contributed by atoms with E-state index in [2.05, 4.69) is 10.0 Å². The van der Waals surface area contributed by atoms with Crippen LogP contribution in [0.15, 0.2) is 21.6 Å². The van der Waals surface area contributed by atoms with Crippen molar-refractivity contribution in [3.8, 4) is 0 Å². The molecule has 2 rings (SSSR count). The van der Waals surface area contributed by atoms with Gasteiger partial charge in [0.25, 0.3) is 10.0 Å². The van der Waals surface area contributed by atoms with E-state index in [4.69, 9.17) is 9.15 Å². The van der Waals surface area contributed by atoms with Crippen LogP contribution < -0.4 is 10.0 Å². The normalized spacial score (nSPS) is 15.8. The molecule has 2 N–H and O–H groups in total. The maximum atomic E-state index is 12.0. The fraction of sp³-hybridized carbons (Fsp3) is 0.714. The van der Waals surface area contributed by atoms with Gasteiger partial charge in [-0.1, -0.05) is 13.8 Å². The van der Waals surface area contributed by atoms with Crippen LogP contribution >= 0.6 is 0 Å². The molecule has 0 aliphatic heterocycles. The van der Waals surface area contributed by atoms with E-state index in [0.717, 1.165) is 0 Å². The molecular formula is C14H24N2O4S. The highest BCUT2D eigenvalue weighted by Gasteiger charge is 2.22. The van der Waals surface area contributed by atoms with Gasteiger partial charge in [0.1, 0.15) is 5.76 Å². The Bertz CT molecular complexity index is 535. The summed E-state index contributed by atoms with van der Waals surface area (Å²) in [6.45, 7) is 5.88. The fourth-order valence-electron chi connectivity index (χ4n) is 1.77. The molecule has 120 valence electrons. The SMILES string of the molecule is CC(C)COCCNS(=O)(=O)c1ccc(CNC2CC2)o1. The fourth-order valence-corrected chi connectivity index (χ4v) is 2.73. The lowest BCUT2D eigenvalue weighted by Crippen LogP contribution is -2.27. The van der Waals surface area contributed by atoms with Gasteiger partial charge in [-0.3, -0.25) is 0 Å². The Morgan fingerprint density at radius 2 is 2.14 bits per heavy atom. The maximum Gasteiger partial charge on any atom is 0.274 e. The van der Waals surface area contributed by atoms with Crippen LogP contribution in [0, 0.1) is 5.92 Å². The Balaban J connectivity index is 1.75. The van der Waals surface area contributed by atoms with Gasteiger partial charge >= 0.3 is 0 Å². The van der Waals surface area contributed by atoms with Crippen molar-refractivity contribution in [2.24, 2.45) is 5.92 Å². The van der Waals surface area contributed by atoms with Crippen molar-refractivity contribution in [2.45, 2.75) is 44.4 Å². The molecule has 0 aromatic carbocycles.